The van der Waals surface area contributed by atoms with E-state index in [1.54, 1.807) is 18.2 Å². The van der Waals surface area contributed by atoms with E-state index >= 15 is 0 Å². The van der Waals surface area contributed by atoms with Crippen LogP contribution in [-0.4, -0.2) is 5.91 Å². The Kier molecular flexibility index (Phi) is 4.73. The molecule has 2 N–H and O–H groups in total. The number of hydrogen-bond donors (Lipinski definition) is 1. The molecule has 0 atom stereocenters. The van der Waals surface area contributed by atoms with Crippen molar-refractivity contribution in [2.45, 2.75) is 6.92 Å². The van der Waals surface area contributed by atoms with Crippen molar-refractivity contribution in [3.8, 4) is 0 Å². The maximum absolute atomic E-state index is 11.9. The van der Waals surface area contributed by atoms with E-state index in [1.165, 1.54) is 19.1 Å². The molecule has 11 heavy (non-hydrogen) atoms. The number of amides is 1. The minimum atomic E-state index is -0.333. The Morgan fingerprint density at radius 3 is 1.91 bits per heavy atom. The van der Waals surface area contributed by atoms with Crippen molar-refractivity contribution in [2.24, 2.45) is 5.73 Å². The van der Waals surface area contributed by atoms with Crippen molar-refractivity contribution < 1.29 is 9.18 Å². The predicted octanol–water partition coefficient (Wildman–Crippen LogP) is 1.32. The smallest absolute Gasteiger partial charge is 0.214 e. The molecule has 0 saturated carbocycles. The lowest BCUT2D eigenvalue weighted by Crippen LogP contribution is -2.01. The summed E-state index contributed by atoms with van der Waals surface area (Å²) in [7, 11) is 0. The third kappa shape index (κ3) is 8.62. The fraction of sp³-hybridized carbons (Fsp3) is 0.125. The average Bonchev–Trinajstić information content (AvgIpc) is 1.87. The van der Waals surface area contributed by atoms with E-state index in [2.05, 4.69) is 5.73 Å². The van der Waals surface area contributed by atoms with Crippen LogP contribution in [-0.2, 0) is 4.79 Å². The largest absolute Gasteiger partial charge is 0.370 e. The third-order valence-corrected chi connectivity index (χ3v) is 0.733. The quantitative estimate of drug-likeness (QED) is 0.603. The van der Waals surface area contributed by atoms with Crippen LogP contribution < -0.4 is 5.73 Å². The Labute approximate surface area is 64.8 Å². The Balaban J connectivity index is 0.000000218. The van der Waals surface area contributed by atoms with Gasteiger partial charge in [0.05, 0.1) is 0 Å². The van der Waals surface area contributed by atoms with Gasteiger partial charge in [0.15, 0.2) is 0 Å². The van der Waals surface area contributed by atoms with E-state index in [9.17, 15) is 9.18 Å². The number of halogens is 1. The summed E-state index contributed by atoms with van der Waals surface area (Å²) in [5.74, 6) is -0.512. The molecule has 1 amide bonds. The first kappa shape index (κ1) is 9.62. The van der Waals surface area contributed by atoms with Gasteiger partial charge >= 0.3 is 0 Å². The van der Waals surface area contributed by atoms with Gasteiger partial charge in [-0.2, -0.15) is 0 Å². The lowest BCUT2D eigenvalue weighted by Gasteiger charge is -1.78. The van der Waals surface area contributed by atoms with Crippen molar-refractivity contribution in [3.05, 3.63) is 36.1 Å². The Hall–Kier alpha value is -1.38. The van der Waals surface area contributed by atoms with Gasteiger partial charge in [-0.15, -0.1) is 0 Å². The molecule has 0 aliphatic heterocycles. The molecule has 0 bridgehead atoms. The van der Waals surface area contributed by atoms with E-state index < -0.39 is 0 Å². The topological polar surface area (TPSA) is 43.1 Å². The van der Waals surface area contributed by atoms with Crippen molar-refractivity contribution >= 4 is 5.91 Å². The number of carbonyl (C=O) groups is 1. The van der Waals surface area contributed by atoms with Crippen LogP contribution in [0.15, 0.2) is 30.3 Å². The number of hydrogen-bond acceptors (Lipinski definition) is 1. The highest BCUT2D eigenvalue weighted by atomic mass is 19.1. The van der Waals surface area contributed by atoms with Gasteiger partial charge in [0.2, 0.25) is 5.91 Å². The first-order valence-electron chi connectivity index (χ1n) is 3.09. The SMILES string of the molecule is CC(N)=O.Fc1ccccc1. The first-order valence-corrected chi connectivity index (χ1v) is 3.09. The van der Waals surface area contributed by atoms with Crippen molar-refractivity contribution in [2.75, 3.05) is 0 Å². The fourth-order valence-corrected chi connectivity index (χ4v) is 0.415. The van der Waals surface area contributed by atoms with Gasteiger partial charge in [-0.3, -0.25) is 4.79 Å². The molecule has 0 spiro atoms. The minimum absolute atomic E-state index is 0.178. The minimum Gasteiger partial charge on any atom is -0.370 e. The van der Waals surface area contributed by atoms with E-state index in [1.807, 2.05) is 0 Å². The summed E-state index contributed by atoms with van der Waals surface area (Å²) >= 11 is 0. The summed E-state index contributed by atoms with van der Waals surface area (Å²) in [5.41, 5.74) is 4.47. The maximum Gasteiger partial charge on any atom is 0.214 e. The molecular formula is C8H10FNO. The lowest BCUT2D eigenvalue weighted by atomic mass is 10.4. The van der Waals surface area contributed by atoms with Crippen LogP contribution in [0.25, 0.3) is 0 Å². The number of rotatable bonds is 0. The predicted molar refractivity (Wildman–Crippen MR) is 41.3 cm³/mol. The van der Waals surface area contributed by atoms with Crippen LogP contribution in [0.2, 0.25) is 0 Å². The molecule has 0 fully saturated rings. The molecular weight excluding hydrogens is 145 g/mol. The van der Waals surface area contributed by atoms with E-state index in [-0.39, 0.29) is 11.7 Å². The van der Waals surface area contributed by atoms with Crippen LogP contribution in [0.4, 0.5) is 4.39 Å². The normalized spacial score (nSPS) is 7.82. The Morgan fingerprint density at radius 2 is 1.73 bits per heavy atom. The van der Waals surface area contributed by atoms with Gasteiger partial charge in [0.25, 0.3) is 0 Å². The molecule has 0 heterocycles. The van der Waals surface area contributed by atoms with Crippen LogP contribution in [0.3, 0.4) is 0 Å². The van der Waals surface area contributed by atoms with Gasteiger partial charge in [-0.05, 0) is 12.1 Å². The van der Waals surface area contributed by atoms with Gasteiger partial charge < -0.3 is 5.73 Å². The van der Waals surface area contributed by atoms with E-state index in [4.69, 9.17) is 0 Å². The van der Waals surface area contributed by atoms with Crippen molar-refractivity contribution in [1.82, 2.24) is 0 Å². The maximum atomic E-state index is 11.9. The Morgan fingerprint density at radius 1 is 1.36 bits per heavy atom. The zero-order valence-electron chi connectivity index (χ0n) is 6.25. The number of carbonyl (C=O) groups excluding carboxylic acids is 1. The summed E-state index contributed by atoms with van der Waals surface area (Å²) in [6.07, 6.45) is 0. The molecule has 1 aromatic rings. The molecule has 0 saturated heterocycles. The zero-order chi connectivity index (χ0) is 8.69. The molecule has 0 radical (unpaired) electrons. The van der Waals surface area contributed by atoms with Crippen molar-refractivity contribution in [1.29, 1.82) is 0 Å². The molecule has 3 heteroatoms. The van der Waals surface area contributed by atoms with Crippen LogP contribution >= 0.6 is 0 Å². The first-order chi connectivity index (χ1) is 5.13. The molecule has 0 aliphatic carbocycles. The fourth-order valence-electron chi connectivity index (χ4n) is 0.415. The average molecular weight is 155 g/mol. The van der Waals surface area contributed by atoms with Gasteiger partial charge in [0.1, 0.15) is 5.82 Å². The van der Waals surface area contributed by atoms with Crippen LogP contribution in [0, 0.1) is 5.82 Å². The summed E-state index contributed by atoms with van der Waals surface area (Å²) in [5, 5.41) is 0. The third-order valence-electron chi connectivity index (χ3n) is 0.733. The van der Waals surface area contributed by atoms with Crippen molar-refractivity contribution in [3.63, 3.8) is 0 Å². The molecule has 1 aromatic carbocycles. The summed E-state index contributed by atoms with van der Waals surface area (Å²) in [6.45, 7) is 1.31. The summed E-state index contributed by atoms with van der Waals surface area (Å²) < 4.78 is 11.9. The number of nitrogens with two attached hydrogens (primary N) is 1. The zero-order valence-corrected chi connectivity index (χ0v) is 6.25. The van der Waals surface area contributed by atoms with Gasteiger partial charge in [0, 0.05) is 6.92 Å². The van der Waals surface area contributed by atoms with Gasteiger partial charge in [-0.1, -0.05) is 18.2 Å². The second kappa shape index (κ2) is 5.41. The van der Waals surface area contributed by atoms with Crippen LogP contribution in [0.5, 0.6) is 0 Å². The lowest BCUT2D eigenvalue weighted by molar-refractivity contribution is -0.115. The second-order valence-corrected chi connectivity index (χ2v) is 1.91. The molecule has 60 valence electrons. The summed E-state index contributed by atoms with van der Waals surface area (Å²) in [6, 6.07) is 7.94. The van der Waals surface area contributed by atoms with E-state index in [0.29, 0.717) is 0 Å². The number of primary amides is 1. The molecule has 0 aromatic heterocycles. The standard InChI is InChI=1S/C6H5F.C2H5NO/c7-6-4-2-1-3-5-6;1-2(3)4/h1-5H;1H3,(H2,3,4). The highest BCUT2D eigenvalue weighted by Crippen LogP contribution is 1.91. The molecule has 0 unspecified atom stereocenters. The van der Waals surface area contributed by atoms with E-state index in [0.717, 1.165) is 0 Å². The highest BCUT2D eigenvalue weighted by Gasteiger charge is 1.77. The Bertz CT molecular complexity index is 207. The highest BCUT2D eigenvalue weighted by molar-refractivity contribution is 5.70. The second-order valence-electron chi connectivity index (χ2n) is 1.91. The van der Waals surface area contributed by atoms with Crippen LogP contribution in [0.1, 0.15) is 6.92 Å². The molecule has 1 rings (SSSR count). The van der Waals surface area contributed by atoms with Gasteiger partial charge in [-0.25, -0.2) is 4.39 Å². The number of benzene rings is 1. The monoisotopic (exact) mass is 155 g/mol. The molecule has 0 aliphatic rings. The summed E-state index contributed by atoms with van der Waals surface area (Å²) in [4.78, 5) is 9.22. The molecule has 2 nitrogen and oxygen atoms in total.